The SMILES string of the molecule is O=C(CCn1cc(Cl)cn1)N[C@H]1CCOC2(CCOCC2)C1. The topological polar surface area (TPSA) is 65.4 Å². The smallest absolute Gasteiger partial charge is 0.222 e. The van der Waals surface area contributed by atoms with Gasteiger partial charge in [0, 0.05) is 45.0 Å². The summed E-state index contributed by atoms with van der Waals surface area (Å²) in [5, 5.41) is 7.80. The monoisotopic (exact) mass is 327 g/mol. The number of nitrogens with zero attached hydrogens (tertiary/aromatic N) is 2. The summed E-state index contributed by atoms with van der Waals surface area (Å²) in [7, 11) is 0. The summed E-state index contributed by atoms with van der Waals surface area (Å²) in [6, 6.07) is 0.195. The van der Waals surface area contributed by atoms with Crippen molar-refractivity contribution in [2.24, 2.45) is 0 Å². The fraction of sp³-hybridized carbons (Fsp3) is 0.733. The molecule has 0 aromatic carbocycles. The highest BCUT2D eigenvalue weighted by Crippen LogP contribution is 2.34. The van der Waals surface area contributed by atoms with Gasteiger partial charge in [0.15, 0.2) is 0 Å². The predicted molar refractivity (Wildman–Crippen MR) is 81.8 cm³/mol. The Morgan fingerprint density at radius 3 is 3.00 bits per heavy atom. The van der Waals surface area contributed by atoms with E-state index in [1.807, 2.05) is 0 Å². The Balaban J connectivity index is 1.46. The normalized spacial score (nSPS) is 24.3. The molecule has 2 saturated heterocycles. The molecule has 0 unspecified atom stereocenters. The number of nitrogens with one attached hydrogen (secondary N) is 1. The van der Waals surface area contributed by atoms with Crippen LogP contribution in [0.2, 0.25) is 5.02 Å². The number of aryl methyl sites for hydroxylation is 1. The first-order valence-electron chi connectivity index (χ1n) is 7.84. The maximum Gasteiger partial charge on any atom is 0.222 e. The summed E-state index contributed by atoms with van der Waals surface area (Å²) < 4.78 is 13.1. The average molecular weight is 328 g/mol. The zero-order valence-corrected chi connectivity index (χ0v) is 13.3. The summed E-state index contributed by atoms with van der Waals surface area (Å²) in [5.74, 6) is 0.0562. The maximum absolute atomic E-state index is 12.1. The molecule has 2 aliphatic heterocycles. The first-order valence-corrected chi connectivity index (χ1v) is 8.22. The second-order valence-corrected chi connectivity index (χ2v) is 6.51. The van der Waals surface area contributed by atoms with Gasteiger partial charge in [-0.05, 0) is 25.7 Å². The molecule has 22 heavy (non-hydrogen) atoms. The highest BCUT2D eigenvalue weighted by molar-refractivity contribution is 6.30. The molecule has 1 spiro atoms. The van der Waals surface area contributed by atoms with Crippen LogP contribution in [-0.4, -0.2) is 47.2 Å². The molecule has 2 fully saturated rings. The van der Waals surface area contributed by atoms with Crippen LogP contribution in [0, 0.1) is 0 Å². The molecule has 1 atom stereocenters. The Hall–Kier alpha value is -1.11. The van der Waals surface area contributed by atoms with Crippen molar-refractivity contribution in [3.05, 3.63) is 17.4 Å². The largest absolute Gasteiger partial charge is 0.381 e. The molecule has 3 heterocycles. The van der Waals surface area contributed by atoms with Crippen LogP contribution in [0.4, 0.5) is 0 Å². The lowest BCUT2D eigenvalue weighted by Crippen LogP contribution is -2.51. The van der Waals surface area contributed by atoms with Crippen LogP contribution in [0.1, 0.15) is 32.1 Å². The molecule has 3 rings (SSSR count). The molecule has 0 bridgehead atoms. The number of carbonyl (C=O) groups is 1. The lowest BCUT2D eigenvalue weighted by molar-refractivity contribution is -0.144. The van der Waals surface area contributed by atoms with E-state index in [9.17, 15) is 4.79 Å². The van der Waals surface area contributed by atoms with E-state index >= 15 is 0 Å². The van der Waals surface area contributed by atoms with Crippen molar-refractivity contribution in [2.45, 2.75) is 50.3 Å². The molecule has 2 aliphatic rings. The van der Waals surface area contributed by atoms with Gasteiger partial charge in [-0.15, -0.1) is 0 Å². The number of rotatable bonds is 4. The van der Waals surface area contributed by atoms with E-state index in [0.717, 1.165) is 38.9 Å². The Morgan fingerprint density at radius 1 is 1.45 bits per heavy atom. The van der Waals surface area contributed by atoms with Crippen molar-refractivity contribution < 1.29 is 14.3 Å². The van der Waals surface area contributed by atoms with Crippen LogP contribution in [-0.2, 0) is 20.8 Å². The maximum atomic E-state index is 12.1. The van der Waals surface area contributed by atoms with E-state index < -0.39 is 0 Å². The Labute approximate surface area is 135 Å². The number of ether oxygens (including phenoxy) is 2. The first-order chi connectivity index (χ1) is 10.7. The number of amides is 1. The van der Waals surface area contributed by atoms with Crippen LogP contribution < -0.4 is 5.32 Å². The molecule has 7 heteroatoms. The Kier molecular flexibility index (Phi) is 5.00. The van der Waals surface area contributed by atoms with E-state index in [1.165, 1.54) is 0 Å². The van der Waals surface area contributed by atoms with Gasteiger partial charge in [-0.3, -0.25) is 9.48 Å². The number of hydrogen-bond acceptors (Lipinski definition) is 4. The second-order valence-electron chi connectivity index (χ2n) is 6.07. The number of halogens is 1. The Bertz CT molecular complexity index is 508. The van der Waals surface area contributed by atoms with Crippen LogP contribution in [0.25, 0.3) is 0 Å². The van der Waals surface area contributed by atoms with Crippen LogP contribution in [0.5, 0.6) is 0 Å². The van der Waals surface area contributed by atoms with Crippen molar-refractivity contribution in [3.63, 3.8) is 0 Å². The van der Waals surface area contributed by atoms with E-state index in [1.54, 1.807) is 17.1 Å². The Morgan fingerprint density at radius 2 is 2.27 bits per heavy atom. The van der Waals surface area contributed by atoms with Gasteiger partial charge in [0.25, 0.3) is 0 Å². The zero-order chi connectivity index (χ0) is 15.4. The van der Waals surface area contributed by atoms with Gasteiger partial charge in [0.2, 0.25) is 5.91 Å². The minimum absolute atomic E-state index is 0.0562. The molecule has 1 aromatic heterocycles. The van der Waals surface area contributed by atoms with Crippen molar-refractivity contribution in [1.29, 1.82) is 0 Å². The van der Waals surface area contributed by atoms with Crippen LogP contribution in [0.3, 0.4) is 0 Å². The van der Waals surface area contributed by atoms with Gasteiger partial charge in [-0.2, -0.15) is 5.10 Å². The molecule has 6 nitrogen and oxygen atoms in total. The number of hydrogen-bond donors (Lipinski definition) is 1. The quantitative estimate of drug-likeness (QED) is 0.915. The molecular weight excluding hydrogens is 306 g/mol. The van der Waals surface area contributed by atoms with E-state index in [0.29, 0.717) is 24.6 Å². The van der Waals surface area contributed by atoms with E-state index in [2.05, 4.69) is 10.4 Å². The standard InChI is InChI=1S/C15H22ClN3O3/c16-12-10-17-19(11-12)5-1-14(20)18-13-2-6-22-15(9-13)3-7-21-8-4-15/h10-11,13H,1-9H2,(H,18,20)/t13-/m0/s1. The molecule has 0 radical (unpaired) electrons. The first kappa shape index (κ1) is 15.8. The minimum Gasteiger partial charge on any atom is -0.381 e. The van der Waals surface area contributed by atoms with Crippen LogP contribution >= 0.6 is 11.6 Å². The average Bonchev–Trinajstić information content (AvgIpc) is 2.92. The molecule has 1 N–H and O–H groups in total. The number of aromatic nitrogens is 2. The van der Waals surface area contributed by atoms with Crippen molar-refractivity contribution in [3.8, 4) is 0 Å². The van der Waals surface area contributed by atoms with Gasteiger partial charge in [0.05, 0.1) is 16.8 Å². The third-order valence-corrected chi connectivity index (χ3v) is 4.63. The van der Waals surface area contributed by atoms with Gasteiger partial charge in [-0.1, -0.05) is 11.6 Å². The third-order valence-electron chi connectivity index (χ3n) is 4.43. The van der Waals surface area contributed by atoms with Gasteiger partial charge < -0.3 is 14.8 Å². The zero-order valence-electron chi connectivity index (χ0n) is 12.6. The summed E-state index contributed by atoms with van der Waals surface area (Å²) in [4.78, 5) is 12.1. The third kappa shape index (κ3) is 4.00. The van der Waals surface area contributed by atoms with Gasteiger partial charge in [0.1, 0.15) is 0 Å². The fourth-order valence-corrected chi connectivity index (χ4v) is 3.38. The summed E-state index contributed by atoms with van der Waals surface area (Å²) >= 11 is 5.81. The van der Waals surface area contributed by atoms with E-state index in [4.69, 9.17) is 21.1 Å². The van der Waals surface area contributed by atoms with E-state index in [-0.39, 0.29) is 17.6 Å². The highest BCUT2D eigenvalue weighted by atomic mass is 35.5. The van der Waals surface area contributed by atoms with Gasteiger partial charge >= 0.3 is 0 Å². The van der Waals surface area contributed by atoms with Crippen molar-refractivity contribution in [2.75, 3.05) is 19.8 Å². The molecule has 0 saturated carbocycles. The lowest BCUT2D eigenvalue weighted by atomic mass is 9.84. The summed E-state index contributed by atoms with van der Waals surface area (Å²) in [6.45, 7) is 2.75. The predicted octanol–water partition coefficient (Wildman–Crippen LogP) is 1.77. The van der Waals surface area contributed by atoms with Crippen molar-refractivity contribution in [1.82, 2.24) is 15.1 Å². The number of carbonyl (C=O) groups excluding carboxylic acids is 1. The minimum atomic E-state index is -0.0933. The molecular formula is C15H22ClN3O3. The fourth-order valence-electron chi connectivity index (χ4n) is 3.22. The molecule has 1 aromatic rings. The van der Waals surface area contributed by atoms with Crippen molar-refractivity contribution >= 4 is 17.5 Å². The van der Waals surface area contributed by atoms with Gasteiger partial charge in [-0.25, -0.2) is 0 Å². The molecule has 1 amide bonds. The lowest BCUT2D eigenvalue weighted by Gasteiger charge is -2.43. The molecule has 122 valence electrons. The second kappa shape index (κ2) is 6.98. The highest BCUT2D eigenvalue weighted by Gasteiger charge is 2.39. The summed E-state index contributed by atoms with van der Waals surface area (Å²) in [5.41, 5.74) is -0.0933. The molecule has 0 aliphatic carbocycles. The van der Waals surface area contributed by atoms with Crippen LogP contribution in [0.15, 0.2) is 12.4 Å². The summed E-state index contributed by atoms with van der Waals surface area (Å²) in [6.07, 6.45) is 7.31.